The third-order valence-corrected chi connectivity index (χ3v) is 3.65. The Morgan fingerprint density at radius 1 is 1.38 bits per heavy atom. The molecule has 1 aromatic rings. The first-order valence-corrected chi connectivity index (χ1v) is 7.95. The molecular formula is C17H28N2O2. The van der Waals surface area contributed by atoms with E-state index in [0.29, 0.717) is 12.5 Å². The summed E-state index contributed by atoms with van der Waals surface area (Å²) in [5.41, 5.74) is 2.31. The van der Waals surface area contributed by atoms with Crippen LogP contribution in [0.5, 0.6) is 5.88 Å². The zero-order valence-corrected chi connectivity index (χ0v) is 13.7. The third kappa shape index (κ3) is 4.97. The van der Waals surface area contributed by atoms with Crippen LogP contribution < -0.4 is 10.1 Å². The topological polar surface area (TPSA) is 43.4 Å². The molecule has 1 saturated heterocycles. The molecule has 0 bridgehead atoms. The van der Waals surface area contributed by atoms with Gasteiger partial charge in [-0.3, -0.25) is 0 Å². The normalized spacial score (nSPS) is 19.0. The van der Waals surface area contributed by atoms with E-state index in [1.807, 2.05) is 6.07 Å². The number of hydrogen-bond acceptors (Lipinski definition) is 4. The van der Waals surface area contributed by atoms with Gasteiger partial charge in [0, 0.05) is 24.6 Å². The van der Waals surface area contributed by atoms with Gasteiger partial charge in [-0.15, -0.1) is 0 Å². The first-order chi connectivity index (χ1) is 9.99. The molecule has 1 N–H and O–H groups in total. The maximum atomic E-state index is 5.88. The quantitative estimate of drug-likeness (QED) is 0.875. The van der Waals surface area contributed by atoms with E-state index in [0.717, 1.165) is 38.2 Å². The van der Waals surface area contributed by atoms with E-state index in [1.54, 1.807) is 0 Å². The molecule has 0 aliphatic carbocycles. The summed E-state index contributed by atoms with van der Waals surface area (Å²) in [5.74, 6) is 0.714. The second-order valence-corrected chi connectivity index (χ2v) is 6.68. The molecule has 0 saturated carbocycles. The first-order valence-electron chi connectivity index (χ1n) is 7.95. The Labute approximate surface area is 128 Å². The number of ether oxygens (including phenoxy) is 2. The summed E-state index contributed by atoms with van der Waals surface area (Å²) in [5, 5.41) is 3.36. The molecule has 1 unspecified atom stereocenters. The van der Waals surface area contributed by atoms with Crippen LogP contribution in [-0.4, -0.2) is 30.8 Å². The molecule has 0 radical (unpaired) electrons. The van der Waals surface area contributed by atoms with Crippen molar-refractivity contribution in [2.24, 2.45) is 0 Å². The molecule has 1 aliphatic rings. The van der Waals surface area contributed by atoms with Gasteiger partial charge < -0.3 is 14.8 Å². The molecule has 1 fully saturated rings. The first kappa shape index (κ1) is 16.2. The number of pyridine rings is 1. The highest BCUT2D eigenvalue weighted by Gasteiger charge is 2.19. The second-order valence-electron chi connectivity index (χ2n) is 6.68. The molecule has 1 aromatic heterocycles. The lowest BCUT2D eigenvalue weighted by Gasteiger charge is -2.20. The van der Waals surface area contributed by atoms with Crippen molar-refractivity contribution in [2.45, 2.75) is 58.6 Å². The summed E-state index contributed by atoms with van der Waals surface area (Å²) < 4.78 is 11.5. The van der Waals surface area contributed by atoms with Crippen LogP contribution in [0.2, 0.25) is 0 Å². The summed E-state index contributed by atoms with van der Waals surface area (Å²) >= 11 is 0. The van der Waals surface area contributed by atoms with Crippen molar-refractivity contribution >= 4 is 0 Å². The van der Waals surface area contributed by atoms with E-state index in [4.69, 9.17) is 9.47 Å². The minimum atomic E-state index is 0.0180. The molecule has 21 heavy (non-hydrogen) atoms. The Morgan fingerprint density at radius 2 is 2.19 bits per heavy atom. The third-order valence-electron chi connectivity index (χ3n) is 3.65. The van der Waals surface area contributed by atoms with E-state index in [-0.39, 0.29) is 11.5 Å². The molecule has 0 spiro atoms. The predicted octanol–water partition coefficient (Wildman–Crippen LogP) is 3.05. The van der Waals surface area contributed by atoms with Crippen LogP contribution in [0.3, 0.4) is 0 Å². The van der Waals surface area contributed by atoms with Gasteiger partial charge in [0.05, 0.1) is 11.8 Å². The maximum Gasteiger partial charge on any atom is 0.213 e. The maximum absolute atomic E-state index is 5.88. The van der Waals surface area contributed by atoms with E-state index in [9.17, 15) is 0 Å². The highest BCUT2D eigenvalue weighted by atomic mass is 16.5. The van der Waals surface area contributed by atoms with Crippen LogP contribution >= 0.6 is 0 Å². The van der Waals surface area contributed by atoms with Crippen molar-refractivity contribution in [1.29, 1.82) is 0 Å². The lowest BCUT2D eigenvalue weighted by molar-refractivity contribution is 0.0661. The van der Waals surface area contributed by atoms with Crippen molar-refractivity contribution in [1.82, 2.24) is 10.3 Å². The monoisotopic (exact) mass is 292 g/mol. The van der Waals surface area contributed by atoms with E-state index in [1.165, 1.54) is 5.56 Å². The number of nitrogens with zero attached hydrogens (tertiary/aromatic N) is 1. The molecule has 0 aromatic carbocycles. The molecule has 2 heterocycles. The van der Waals surface area contributed by atoms with Crippen LogP contribution in [-0.2, 0) is 16.7 Å². The fourth-order valence-corrected chi connectivity index (χ4v) is 2.34. The molecule has 4 nitrogen and oxygen atoms in total. The second kappa shape index (κ2) is 7.23. The minimum Gasteiger partial charge on any atom is -0.475 e. The summed E-state index contributed by atoms with van der Waals surface area (Å²) in [6, 6.07) is 4.20. The predicted molar refractivity (Wildman–Crippen MR) is 84.8 cm³/mol. The zero-order chi connectivity index (χ0) is 15.3. The van der Waals surface area contributed by atoms with Gasteiger partial charge in [0.15, 0.2) is 0 Å². The highest BCUT2D eigenvalue weighted by Crippen LogP contribution is 2.25. The Balaban J connectivity index is 2.09. The number of nitrogens with one attached hydrogen (secondary N) is 1. The fourth-order valence-electron chi connectivity index (χ4n) is 2.34. The molecule has 2 rings (SSSR count). The van der Waals surface area contributed by atoms with Crippen molar-refractivity contribution in [3.05, 3.63) is 23.4 Å². The molecule has 0 amide bonds. The number of hydrogen-bond donors (Lipinski definition) is 1. The minimum absolute atomic E-state index is 0.0180. The lowest BCUT2D eigenvalue weighted by Crippen LogP contribution is -2.20. The summed E-state index contributed by atoms with van der Waals surface area (Å²) in [6.45, 7) is 11.9. The SMILES string of the molecule is CCNCc1cc(OCC2CCCO2)nc(C(C)(C)C)c1. The Morgan fingerprint density at radius 3 is 2.81 bits per heavy atom. The summed E-state index contributed by atoms with van der Waals surface area (Å²) in [6.07, 6.45) is 2.44. The standard InChI is InChI=1S/C17H28N2O2/c1-5-18-11-13-9-15(17(2,3)4)19-16(10-13)21-12-14-7-6-8-20-14/h9-10,14,18H,5-8,11-12H2,1-4H3. The van der Waals surface area contributed by atoms with E-state index >= 15 is 0 Å². The Hall–Kier alpha value is -1.13. The fraction of sp³-hybridized carbons (Fsp3) is 0.706. The van der Waals surface area contributed by atoms with Crippen LogP contribution in [0, 0.1) is 0 Å². The number of aromatic nitrogens is 1. The van der Waals surface area contributed by atoms with Gasteiger partial charge in [-0.25, -0.2) is 4.98 Å². The van der Waals surface area contributed by atoms with Gasteiger partial charge in [0.2, 0.25) is 5.88 Å². The van der Waals surface area contributed by atoms with Crippen LogP contribution in [0.4, 0.5) is 0 Å². The van der Waals surface area contributed by atoms with Gasteiger partial charge in [0.1, 0.15) is 6.61 Å². The van der Waals surface area contributed by atoms with Gasteiger partial charge in [-0.1, -0.05) is 27.7 Å². The Kier molecular flexibility index (Phi) is 5.59. The number of rotatable bonds is 6. The molecule has 118 valence electrons. The average Bonchev–Trinajstić information content (AvgIpc) is 2.95. The largest absolute Gasteiger partial charge is 0.475 e. The van der Waals surface area contributed by atoms with Gasteiger partial charge in [-0.2, -0.15) is 0 Å². The molecular weight excluding hydrogens is 264 g/mol. The van der Waals surface area contributed by atoms with Crippen LogP contribution in [0.15, 0.2) is 12.1 Å². The van der Waals surface area contributed by atoms with E-state index < -0.39 is 0 Å². The Bertz CT molecular complexity index is 449. The smallest absolute Gasteiger partial charge is 0.213 e. The van der Waals surface area contributed by atoms with Crippen molar-refractivity contribution in [3.8, 4) is 5.88 Å². The van der Waals surface area contributed by atoms with Crippen LogP contribution in [0.25, 0.3) is 0 Å². The zero-order valence-electron chi connectivity index (χ0n) is 13.7. The molecule has 1 atom stereocenters. The molecule has 4 heteroatoms. The van der Waals surface area contributed by atoms with Crippen molar-refractivity contribution in [2.75, 3.05) is 19.8 Å². The van der Waals surface area contributed by atoms with Gasteiger partial charge in [0.25, 0.3) is 0 Å². The summed E-state index contributed by atoms with van der Waals surface area (Å²) in [7, 11) is 0. The lowest BCUT2D eigenvalue weighted by atomic mass is 9.91. The molecule has 1 aliphatic heterocycles. The highest BCUT2D eigenvalue weighted by molar-refractivity contribution is 5.28. The van der Waals surface area contributed by atoms with Gasteiger partial charge >= 0.3 is 0 Å². The summed E-state index contributed by atoms with van der Waals surface area (Å²) in [4.78, 5) is 4.67. The average molecular weight is 292 g/mol. The van der Waals surface area contributed by atoms with Crippen LogP contribution in [0.1, 0.15) is 51.8 Å². The van der Waals surface area contributed by atoms with Crippen molar-refractivity contribution < 1.29 is 9.47 Å². The van der Waals surface area contributed by atoms with E-state index in [2.05, 4.69) is 44.1 Å². The van der Waals surface area contributed by atoms with Gasteiger partial charge in [-0.05, 0) is 31.0 Å². The van der Waals surface area contributed by atoms with Crippen molar-refractivity contribution in [3.63, 3.8) is 0 Å².